The average Bonchev–Trinajstić information content (AvgIpc) is 3.09. The molecule has 1 aliphatic heterocycles. The lowest BCUT2D eigenvalue weighted by molar-refractivity contribution is 0.0698. The fourth-order valence-electron chi connectivity index (χ4n) is 2.58. The standard InChI is InChI=1S/C14H18N6O/c1-15-12-3-2-6-19(8-12)14(21)11-4-5-17-13(7-11)20-10-16-9-18-20/h4-5,7,9-10,12,15H,2-3,6,8H2,1H3. The number of nitrogens with one attached hydrogen (secondary N) is 1. The Hall–Kier alpha value is -2.28. The van der Waals surface area contributed by atoms with Crippen LogP contribution in [0, 0.1) is 0 Å². The van der Waals surface area contributed by atoms with Crippen molar-refractivity contribution >= 4 is 5.91 Å². The summed E-state index contributed by atoms with van der Waals surface area (Å²) in [5.74, 6) is 0.638. The summed E-state index contributed by atoms with van der Waals surface area (Å²) in [5, 5.41) is 7.28. The quantitative estimate of drug-likeness (QED) is 0.888. The lowest BCUT2D eigenvalue weighted by Crippen LogP contribution is -2.47. The van der Waals surface area contributed by atoms with Crippen LogP contribution in [0.1, 0.15) is 23.2 Å². The van der Waals surface area contributed by atoms with Crippen LogP contribution in [0.2, 0.25) is 0 Å². The van der Waals surface area contributed by atoms with Crippen LogP contribution in [0.5, 0.6) is 0 Å². The molecule has 3 rings (SSSR count). The fraction of sp³-hybridized carbons (Fsp3) is 0.429. The largest absolute Gasteiger partial charge is 0.337 e. The highest BCUT2D eigenvalue weighted by atomic mass is 16.2. The van der Waals surface area contributed by atoms with Gasteiger partial charge in [-0.1, -0.05) is 0 Å². The minimum atomic E-state index is 0.0405. The first-order valence-electron chi connectivity index (χ1n) is 7.05. The second-order valence-electron chi connectivity index (χ2n) is 5.12. The van der Waals surface area contributed by atoms with Crippen LogP contribution >= 0.6 is 0 Å². The third-order valence-corrected chi connectivity index (χ3v) is 3.76. The second kappa shape index (κ2) is 6.01. The number of rotatable bonds is 3. The molecule has 7 nitrogen and oxygen atoms in total. The van der Waals surface area contributed by atoms with Crippen LogP contribution in [0.3, 0.4) is 0 Å². The Labute approximate surface area is 123 Å². The first-order chi connectivity index (χ1) is 10.3. The van der Waals surface area contributed by atoms with Crippen molar-refractivity contribution in [3.8, 4) is 5.82 Å². The molecular formula is C14H18N6O. The van der Waals surface area contributed by atoms with Crippen molar-refractivity contribution < 1.29 is 4.79 Å². The zero-order valence-electron chi connectivity index (χ0n) is 11.9. The van der Waals surface area contributed by atoms with Crippen LogP contribution in [0.25, 0.3) is 5.82 Å². The average molecular weight is 286 g/mol. The Bertz CT molecular complexity index is 612. The maximum atomic E-state index is 12.6. The molecule has 1 atom stereocenters. The lowest BCUT2D eigenvalue weighted by Gasteiger charge is -2.32. The highest BCUT2D eigenvalue weighted by Gasteiger charge is 2.23. The number of hydrogen-bond donors (Lipinski definition) is 1. The molecule has 0 bridgehead atoms. The molecule has 1 saturated heterocycles. The van der Waals surface area contributed by atoms with E-state index in [-0.39, 0.29) is 5.91 Å². The number of amides is 1. The monoisotopic (exact) mass is 286 g/mol. The maximum absolute atomic E-state index is 12.6. The van der Waals surface area contributed by atoms with Gasteiger partial charge in [-0.05, 0) is 32.0 Å². The smallest absolute Gasteiger partial charge is 0.254 e. The van der Waals surface area contributed by atoms with Crippen molar-refractivity contribution in [1.29, 1.82) is 0 Å². The predicted molar refractivity (Wildman–Crippen MR) is 77.1 cm³/mol. The van der Waals surface area contributed by atoms with E-state index in [1.807, 2.05) is 11.9 Å². The van der Waals surface area contributed by atoms with E-state index < -0.39 is 0 Å². The molecule has 0 radical (unpaired) electrons. The van der Waals surface area contributed by atoms with Crippen LogP contribution in [-0.2, 0) is 0 Å². The summed E-state index contributed by atoms with van der Waals surface area (Å²) >= 11 is 0. The highest BCUT2D eigenvalue weighted by molar-refractivity contribution is 5.94. The molecule has 0 aliphatic carbocycles. The highest BCUT2D eigenvalue weighted by Crippen LogP contribution is 2.14. The van der Waals surface area contributed by atoms with E-state index in [9.17, 15) is 4.79 Å². The number of likely N-dealkylation sites (N-methyl/N-ethyl adjacent to an activating group) is 1. The Balaban J connectivity index is 1.80. The molecule has 1 amide bonds. The third kappa shape index (κ3) is 2.92. The van der Waals surface area contributed by atoms with Gasteiger partial charge in [0.25, 0.3) is 5.91 Å². The maximum Gasteiger partial charge on any atom is 0.254 e. The Morgan fingerprint density at radius 3 is 3.14 bits per heavy atom. The van der Waals surface area contributed by atoms with Gasteiger partial charge in [0.15, 0.2) is 5.82 Å². The zero-order chi connectivity index (χ0) is 14.7. The molecule has 1 fully saturated rings. The number of likely N-dealkylation sites (tertiary alicyclic amines) is 1. The van der Waals surface area contributed by atoms with Crippen LogP contribution in [0.15, 0.2) is 31.0 Å². The van der Waals surface area contributed by atoms with Crippen molar-refractivity contribution in [1.82, 2.24) is 30.0 Å². The van der Waals surface area contributed by atoms with Gasteiger partial charge in [-0.2, -0.15) is 5.10 Å². The van der Waals surface area contributed by atoms with Crippen molar-refractivity contribution in [2.45, 2.75) is 18.9 Å². The first-order valence-corrected chi connectivity index (χ1v) is 7.05. The Morgan fingerprint density at radius 2 is 2.38 bits per heavy atom. The molecule has 7 heteroatoms. The van der Waals surface area contributed by atoms with E-state index in [4.69, 9.17) is 0 Å². The zero-order valence-corrected chi connectivity index (χ0v) is 11.9. The van der Waals surface area contributed by atoms with E-state index in [1.165, 1.54) is 6.33 Å². The molecule has 1 aliphatic rings. The number of carbonyl (C=O) groups is 1. The summed E-state index contributed by atoms with van der Waals surface area (Å²) in [5.41, 5.74) is 0.632. The molecule has 0 spiro atoms. The number of pyridine rings is 1. The van der Waals surface area contributed by atoms with Gasteiger partial charge in [0.05, 0.1) is 0 Å². The van der Waals surface area contributed by atoms with E-state index in [1.54, 1.807) is 29.3 Å². The Morgan fingerprint density at radius 1 is 1.48 bits per heavy atom. The molecule has 1 N–H and O–H groups in total. The molecule has 2 aromatic rings. The van der Waals surface area contributed by atoms with E-state index in [0.717, 1.165) is 25.9 Å². The molecule has 3 heterocycles. The number of nitrogens with zero attached hydrogens (tertiary/aromatic N) is 5. The van der Waals surface area contributed by atoms with Crippen molar-refractivity contribution in [3.63, 3.8) is 0 Å². The van der Waals surface area contributed by atoms with Crippen molar-refractivity contribution in [2.24, 2.45) is 0 Å². The predicted octanol–water partition coefficient (Wildman–Crippen LogP) is 0.486. The first kappa shape index (κ1) is 13.7. The van der Waals surface area contributed by atoms with Crippen LogP contribution in [-0.4, -0.2) is 56.7 Å². The summed E-state index contributed by atoms with van der Waals surface area (Å²) in [4.78, 5) is 22.6. The number of aromatic nitrogens is 4. The van der Waals surface area contributed by atoms with E-state index >= 15 is 0 Å². The molecule has 110 valence electrons. The van der Waals surface area contributed by atoms with Crippen molar-refractivity contribution in [2.75, 3.05) is 20.1 Å². The summed E-state index contributed by atoms with van der Waals surface area (Å²) in [6.07, 6.45) is 6.77. The third-order valence-electron chi connectivity index (χ3n) is 3.76. The van der Waals surface area contributed by atoms with Gasteiger partial charge in [-0.25, -0.2) is 14.6 Å². The fourth-order valence-corrected chi connectivity index (χ4v) is 2.58. The molecule has 0 aromatic carbocycles. The number of piperidine rings is 1. The molecular weight excluding hydrogens is 268 g/mol. The molecule has 0 saturated carbocycles. The van der Waals surface area contributed by atoms with Crippen LogP contribution in [0.4, 0.5) is 0 Å². The van der Waals surface area contributed by atoms with Gasteiger partial charge in [0.1, 0.15) is 12.7 Å². The van der Waals surface area contributed by atoms with Crippen molar-refractivity contribution in [3.05, 3.63) is 36.5 Å². The van der Waals surface area contributed by atoms with E-state index in [0.29, 0.717) is 17.4 Å². The SMILES string of the molecule is CNC1CCCN(C(=O)c2ccnc(-n3cncn3)c2)C1. The summed E-state index contributed by atoms with van der Waals surface area (Å²) in [6.45, 7) is 1.55. The number of carbonyl (C=O) groups excluding carboxylic acids is 1. The second-order valence-corrected chi connectivity index (χ2v) is 5.12. The normalized spacial score (nSPS) is 18.7. The summed E-state index contributed by atoms with van der Waals surface area (Å²) in [6, 6.07) is 3.87. The number of hydrogen-bond acceptors (Lipinski definition) is 5. The van der Waals surface area contributed by atoms with Gasteiger partial charge < -0.3 is 10.2 Å². The lowest BCUT2D eigenvalue weighted by atomic mass is 10.0. The molecule has 21 heavy (non-hydrogen) atoms. The molecule has 1 unspecified atom stereocenters. The van der Waals surface area contributed by atoms with Gasteiger partial charge >= 0.3 is 0 Å². The van der Waals surface area contributed by atoms with Gasteiger partial charge in [0, 0.05) is 30.9 Å². The summed E-state index contributed by atoms with van der Waals surface area (Å²) < 4.78 is 1.55. The molecule has 2 aromatic heterocycles. The topological polar surface area (TPSA) is 75.9 Å². The van der Waals surface area contributed by atoms with Gasteiger partial charge in [0.2, 0.25) is 0 Å². The summed E-state index contributed by atoms with van der Waals surface area (Å²) in [7, 11) is 1.94. The van der Waals surface area contributed by atoms with Gasteiger partial charge in [-0.15, -0.1) is 0 Å². The van der Waals surface area contributed by atoms with Crippen LogP contribution < -0.4 is 5.32 Å². The Kier molecular flexibility index (Phi) is 3.92. The van der Waals surface area contributed by atoms with E-state index in [2.05, 4.69) is 20.4 Å². The van der Waals surface area contributed by atoms with Gasteiger partial charge in [-0.3, -0.25) is 4.79 Å². The minimum Gasteiger partial charge on any atom is -0.337 e. The minimum absolute atomic E-state index is 0.0405.